The van der Waals surface area contributed by atoms with Crippen LogP contribution in [0.2, 0.25) is 0 Å². The summed E-state index contributed by atoms with van der Waals surface area (Å²) in [6.07, 6.45) is 2.10. The van der Waals surface area contributed by atoms with E-state index in [0.717, 1.165) is 22.6 Å². The average Bonchev–Trinajstić information content (AvgIpc) is 3.54. The predicted molar refractivity (Wildman–Crippen MR) is 149 cm³/mol. The molecule has 0 bridgehead atoms. The van der Waals surface area contributed by atoms with Crippen LogP contribution in [0.4, 0.5) is 17.1 Å². The highest BCUT2D eigenvalue weighted by atomic mass is 32.1. The van der Waals surface area contributed by atoms with Crippen LogP contribution in [-0.4, -0.2) is 20.9 Å². The number of nitrogens with zero attached hydrogens (tertiary/aromatic N) is 3. The average molecular weight is 528 g/mol. The van der Waals surface area contributed by atoms with Crippen molar-refractivity contribution >= 4 is 40.3 Å². The van der Waals surface area contributed by atoms with Crippen molar-refractivity contribution in [2.45, 2.75) is 32.4 Å². The number of nitro groups is 1. The number of aryl methyl sites for hydroxylation is 1. The number of hydrogen-bond donors (Lipinski definition) is 2. The lowest BCUT2D eigenvalue weighted by Gasteiger charge is -2.26. The topological polar surface area (TPSA) is 114 Å². The largest absolute Gasteiger partial charge is 0.459 e. The smallest absolute Gasteiger partial charge is 0.280 e. The zero-order chi connectivity index (χ0) is 26.8. The van der Waals surface area contributed by atoms with Crippen molar-refractivity contribution in [3.8, 4) is 11.3 Å². The number of thiocarbonyl (C=S) groups is 1. The molecule has 38 heavy (non-hydrogen) atoms. The van der Waals surface area contributed by atoms with Crippen molar-refractivity contribution in [1.82, 2.24) is 10.3 Å². The molecule has 4 aromatic rings. The van der Waals surface area contributed by atoms with E-state index in [-0.39, 0.29) is 17.6 Å². The van der Waals surface area contributed by atoms with Gasteiger partial charge in [-0.15, -0.1) is 0 Å². The van der Waals surface area contributed by atoms with Gasteiger partial charge < -0.3 is 20.0 Å². The minimum Gasteiger partial charge on any atom is -0.459 e. The Hall–Kier alpha value is -4.57. The predicted octanol–water partition coefficient (Wildman–Crippen LogP) is 6.08. The van der Waals surface area contributed by atoms with Crippen molar-refractivity contribution in [2.24, 2.45) is 0 Å². The first-order chi connectivity index (χ1) is 18.4. The summed E-state index contributed by atoms with van der Waals surface area (Å²) in [5.74, 6) is 0.895. The number of anilines is 2. The molecule has 1 aliphatic heterocycles. The molecule has 10 heteroatoms. The Bertz CT molecular complexity index is 1520. The van der Waals surface area contributed by atoms with Crippen LogP contribution in [-0.2, 0) is 4.79 Å². The second kappa shape index (κ2) is 10.4. The summed E-state index contributed by atoms with van der Waals surface area (Å²) in [5.41, 5.74) is 3.55. The van der Waals surface area contributed by atoms with E-state index >= 15 is 0 Å². The molecule has 2 N–H and O–H groups in total. The zero-order valence-corrected chi connectivity index (χ0v) is 21.6. The Balaban J connectivity index is 1.58. The van der Waals surface area contributed by atoms with E-state index in [1.807, 2.05) is 54.3 Å². The Labute approximate surface area is 224 Å². The number of furan rings is 1. The SMILES string of the molecule is CCC(=O)Nc1ccc(N2C(=S)N[C@H](c3ccccn3)[C@@H]2c2ccc(-c3ccccc3[N+](=O)[O-])o2)cc1C. The maximum Gasteiger partial charge on any atom is 0.280 e. The molecule has 0 radical (unpaired) electrons. The number of carbonyl (C=O) groups is 1. The molecule has 2 aromatic heterocycles. The standard InChI is InChI=1S/C28H25N5O4S/c1-3-25(34)30-20-12-11-18(16-17(20)2)32-27(26(31-28(32)38)21-9-6-7-15-29-21)24-14-13-23(37-24)19-8-4-5-10-22(19)33(35)36/h4-16,26-27H,3H2,1-2H3,(H,30,34)(H,31,38)/t26-,27+/m1/s1. The summed E-state index contributed by atoms with van der Waals surface area (Å²) in [5, 5.41) is 18.4. The first kappa shape index (κ1) is 25.1. The number of rotatable bonds is 7. The van der Waals surface area contributed by atoms with Crippen LogP contribution in [0.25, 0.3) is 11.3 Å². The van der Waals surface area contributed by atoms with Gasteiger partial charge in [-0.3, -0.25) is 19.9 Å². The second-order valence-corrected chi connectivity index (χ2v) is 9.26. The summed E-state index contributed by atoms with van der Waals surface area (Å²) in [4.78, 5) is 29.6. The van der Waals surface area contributed by atoms with Crippen LogP contribution < -0.4 is 15.5 Å². The minimum atomic E-state index is -0.426. The number of aromatic nitrogens is 1. The molecule has 192 valence electrons. The van der Waals surface area contributed by atoms with Gasteiger partial charge in [-0.25, -0.2) is 0 Å². The van der Waals surface area contributed by atoms with Gasteiger partial charge in [-0.05, 0) is 73.2 Å². The monoisotopic (exact) mass is 527 g/mol. The maximum absolute atomic E-state index is 11.9. The number of carbonyl (C=O) groups excluding carboxylic acids is 1. The summed E-state index contributed by atoms with van der Waals surface area (Å²) < 4.78 is 6.29. The Morgan fingerprint density at radius 2 is 1.95 bits per heavy atom. The molecular weight excluding hydrogens is 502 g/mol. The molecule has 2 aromatic carbocycles. The normalized spacial score (nSPS) is 16.8. The van der Waals surface area contributed by atoms with E-state index in [2.05, 4.69) is 15.6 Å². The van der Waals surface area contributed by atoms with E-state index in [0.29, 0.717) is 28.6 Å². The third-order valence-corrected chi connectivity index (χ3v) is 6.78. The summed E-state index contributed by atoms with van der Waals surface area (Å²) in [6.45, 7) is 3.73. The molecule has 1 aliphatic rings. The number of benzene rings is 2. The number of nitrogens with one attached hydrogen (secondary N) is 2. The molecule has 0 saturated carbocycles. The molecule has 1 amide bonds. The van der Waals surface area contributed by atoms with Crippen molar-refractivity contribution in [1.29, 1.82) is 0 Å². The lowest BCUT2D eigenvalue weighted by atomic mass is 10.0. The van der Waals surface area contributed by atoms with Crippen molar-refractivity contribution in [2.75, 3.05) is 10.2 Å². The fraction of sp³-hybridized carbons (Fsp3) is 0.179. The van der Waals surface area contributed by atoms with Crippen LogP contribution in [0.15, 0.2) is 83.4 Å². The molecule has 3 heterocycles. The molecule has 9 nitrogen and oxygen atoms in total. The Morgan fingerprint density at radius 1 is 1.16 bits per heavy atom. The van der Waals surface area contributed by atoms with E-state index in [4.69, 9.17) is 16.6 Å². The third kappa shape index (κ3) is 4.73. The van der Waals surface area contributed by atoms with Gasteiger partial charge in [0.2, 0.25) is 5.91 Å². The lowest BCUT2D eigenvalue weighted by Crippen LogP contribution is -2.29. The number of nitro benzene ring substituents is 1. The van der Waals surface area contributed by atoms with Gasteiger partial charge in [0.25, 0.3) is 5.69 Å². The summed E-state index contributed by atoms with van der Waals surface area (Å²) >= 11 is 5.78. The van der Waals surface area contributed by atoms with E-state index in [9.17, 15) is 14.9 Å². The van der Waals surface area contributed by atoms with Gasteiger partial charge in [0.05, 0.1) is 22.2 Å². The molecule has 0 spiro atoms. The van der Waals surface area contributed by atoms with Crippen molar-refractivity contribution in [3.63, 3.8) is 0 Å². The fourth-order valence-corrected chi connectivity index (χ4v) is 4.94. The van der Waals surface area contributed by atoms with Crippen molar-refractivity contribution in [3.05, 3.63) is 106 Å². The number of amides is 1. The first-order valence-corrected chi connectivity index (χ1v) is 12.5. The molecule has 2 atom stereocenters. The van der Waals surface area contributed by atoms with Gasteiger partial charge in [0.1, 0.15) is 17.6 Å². The van der Waals surface area contributed by atoms with Gasteiger partial charge in [-0.2, -0.15) is 0 Å². The number of pyridine rings is 1. The minimum absolute atomic E-state index is 0.0352. The Kier molecular flexibility index (Phi) is 6.89. The number of hydrogen-bond acceptors (Lipinski definition) is 6. The number of para-hydroxylation sites is 1. The van der Waals surface area contributed by atoms with Crippen molar-refractivity contribution < 1.29 is 14.1 Å². The zero-order valence-electron chi connectivity index (χ0n) is 20.8. The Morgan fingerprint density at radius 3 is 2.66 bits per heavy atom. The quantitative estimate of drug-likeness (QED) is 0.169. The maximum atomic E-state index is 11.9. The lowest BCUT2D eigenvalue weighted by molar-refractivity contribution is -0.384. The van der Waals surface area contributed by atoms with Crippen LogP contribution >= 0.6 is 12.2 Å². The van der Waals surface area contributed by atoms with E-state index < -0.39 is 11.0 Å². The summed E-state index contributed by atoms with van der Waals surface area (Å²) in [6, 6.07) is 20.6. The molecule has 5 rings (SSSR count). The van der Waals surface area contributed by atoms with Crippen LogP contribution in [0.3, 0.4) is 0 Å². The van der Waals surface area contributed by atoms with E-state index in [1.165, 1.54) is 6.07 Å². The molecule has 0 unspecified atom stereocenters. The highest BCUT2D eigenvalue weighted by molar-refractivity contribution is 7.80. The van der Waals surface area contributed by atoms with Gasteiger partial charge >= 0.3 is 0 Å². The molecule has 1 saturated heterocycles. The third-order valence-electron chi connectivity index (χ3n) is 6.47. The summed E-state index contributed by atoms with van der Waals surface area (Å²) in [7, 11) is 0. The molecule has 1 fully saturated rings. The van der Waals surface area contributed by atoms with Crippen LogP contribution in [0, 0.1) is 17.0 Å². The molecule has 0 aliphatic carbocycles. The molecular formula is C28H25N5O4S. The van der Waals surface area contributed by atoms with Gasteiger partial charge in [0, 0.05) is 30.1 Å². The van der Waals surface area contributed by atoms with Crippen LogP contribution in [0.1, 0.15) is 42.4 Å². The highest BCUT2D eigenvalue weighted by Gasteiger charge is 2.42. The van der Waals surface area contributed by atoms with Crippen LogP contribution in [0.5, 0.6) is 0 Å². The fourth-order valence-electron chi connectivity index (χ4n) is 4.60. The highest BCUT2D eigenvalue weighted by Crippen LogP contribution is 2.44. The first-order valence-electron chi connectivity index (χ1n) is 12.1. The second-order valence-electron chi connectivity index (χ2n) is 8.87. The van der Waals surface area contributed by atoms with Gasteiger partial charge in [-0.1, -0.05) is 25.1 Å². The van der Waals surface area contributed by atoms with Gasteiger partial charge in [0.15, 0.2) is 5.11 Å². The van der Waals surface area contributed by atoms with E-state index in [1.54, 1.807) is 37.4 Å².